The summed E-state index contributed by atoms with van der Waals surface area (Å²) in [6.07, 6.45) is 11.2. The molecule has 4 rings (SSSR count). The molecule has 0 unspecified atom stereocenters. The van der Waals surface area contributed by atoms with E-state index in [4.69, 9.17) is 4.52 Å². The number of imidazole rings is 1. The number of hydrogen-bond donors (Lipinski definition) is 0. The highest BCUT2D eigenvalue weighted by atomic mass is 16.5. The summed E-state index contributed by atoms with van der Waals surface area (Å²) in [4.78, 5) is 21.9. The molecule has 7 heteroatoms. The molecule has 1 saturated heterocycles. The van der Waals surface area contributed by atoms with Gasteiger partial charge in [-0.05, 0) is 65.6 Å². The highest BCUT2D eigenvalue weighted by molar-refractivity contribution is 5.93. The molecule has 0 aromatic carbocycles. The molecular formula is C21H31N5O2. The van der Waals surface area contributed by atoms with Crippen molar-refractivity contribution in [2.24, 2.45) is 0 Å². The first-order chi connectivity index (χ1) is 13.6. The van der Waals surface area contributed by atoms with Crippen LogP contribution in [0.4, 0.5) is 0 Å². The number of nitrogens with zero attached hydrogens (tertiary/aromatic N) is 5. The Morgan fingerprint density at radius 3 is 3.00 bits per heavy atom. The molecule has 152 valence electrons. The fraction of sp³-hybridized carbons (Fsp3) is 0.667. The third kappa shape index (κ3) is 3.99. The van der Waals surface area contributed by atoms with Gasteiger partial charge < -0.3 is 18.9 Å². The van der Waals surface area contributed by atoms with Gasteiger partial charge in [-0.25, -0.2) is 4.98 Å². The van der Waals surface area contributed by atoms with Crippen molar-refractivity contribution in [3.8, 4) is 0 Å². The Kier molecular flexibility index (Phi) is 5.80. The average Bonchev–Trinajstić information content (AvgIpc) is 3.34. The topological polar surface area (TPSA) is 67.4 Å². The molecule has 0 N–H and O–H groups in total. The fourth-order valence-electron chi connectivity index (χ4n) is 4.50. The number of carbonyl (C=O) groups excluding carboxylic acids is 1. The SMILES string of the molecule is CN(C)CCCn1ccnc1[C@H]1CCCN(C(=O)c2onc3c2CCCC3)C1. The highest BCUT2D eigenvalue weighted by Crippen LogP contribution is 2.29. The molecular weight excluding hydrogens is 354 g/mol. The second-order valence-electron chi connectivity index (χ2n) is 8.37. The number of fused-ring (bicyclic) bond motifs is 1. The quantitative estimate of drug-likeness (QED) is 0.765. The summed E-state index contributed by atoms with van der Waals surface area (Å²) in [5.41, 5.74) is 2.03. The van der Waals surface area contributed by atoms with E-state index in [1.54, 1.807) is 0 Å². The number of amides is 1. The first-order valence-electron chi connectivity index (χ1n) is 10.6. The van der Waals surface area contributed by atoms with Crippen LogP contribution in [-0.2, 0) is 19.4 Å². The molecule has 1 atom stereocenters. The van der Waals surface area contributed by atoms with Gasteiger partial charge in [-0.2, -0.15) is 0 Å². The predicted octanol–water partition coefficient (Wildman–Crippen LogP) is 2.72. The minimum absolute atomic E-state index is 0.00561. The van der Waals surface area contributed by atoms with E-state index in [9.17, 15) is 4.79 Å². The Labute approximate surface area is 166 Å². The summed E-state index contributed by atoms with van der Waals surface area (Å²) < 4.78 is 7.75. The van der Waals surface area contributed by atoms with E-state index in [0.29, 0.717) is 12.3 Å². The van der Waals surface area contributed by atoms with E-state index in [1.165, 1.54) is 0 Å². The molecule has 0 bridgehead atoms. The van der Waals surface area contributed by atoms with Crippen LogP contribution in [0.3, 0.4) is 0 Å². The number of aromatic nitrogens is 3. The maximum absolute atomic E-state index is 13.1. The highest BCUT2D eigenvalue weighted by Gasteiger charge is 2.32. The molecule has 0 spiro atoms. The molecule has 7 nitrogen and oxygen atoms in total. The van der Waals surface area contributed by atoms with E-state index < -0.39 is 0 Å². The molecule has 3 heterocycles. The minimum Gasteiger partial charge on any atom is -0.350 e. The van der Waals surface area contributed by atoms with Crippen molar-refractivity contribution in [3.63, 3.8) is 0 Å². The van der Waals surface area contributed by atoms with E-state index in [0.717, 1.165) is 81.7 Å². The van der Waals surface area contributed by atoms with Gasteiger partial charge in [0.1, 0.15) is 5.82 Å². The van der Waals surface area contributed by atoms with Gasteiger partial charge >= 0.3 is 0 Å². The number of hydrogen-bond acceptors (Lipinski definition) is 5. The van der Waals surface area contributed by atoms with Crippen molar-refractivity contribution < 1.29 is 9.32 Å². The van der Waals surface area contributed by atoms with Gasteiger partial charge in [0.25, 0.3) is 5.91 Å². The first-order valence-corrected chi connectivity index (χ1v) is 10.6. The Morgan fingerprint density at radius 2 is 2.14 bits per heavy atom. The van der Waals surface area contributed by atoms with E-state index in [-0.39, 0.29) is 11.8 Å². The molecule has 2 aliphatic rings. The standard InChI is InChI=1S/C21H31N5O2/c1-24(2)11-6-13-25-14-10-22-20(25)16-7-5-12-26(15-16)21(27)19-17-8-3-4-9-18(17)23-28-19/h10,14,16H,3-9,11-13,15H2,1-2H3/t16-/m0/s1. The molecule has 1 amide bonds. The van der Waals surface area contributed by atoms with Gasteiger partial charge in [0, 0.05) is 43.5 Å². The third-order valence-corrected chi connectivity index (χ3v) is 5.98. The molecule has 28 heavy (non-hydrogen) atoms. The maximum Gasteiger partial charge on any atom is 0.292 e. The Bertz CT molecular complexity index is 810. The summed E-state index contributed by atoms with van der Waals surface area (Å²) in [7, 11) is 4.20. The Balaban J connectivity index is 1.44. The maximum atomic E-state index is 13.1. The van der Waals surface area contributed by atoms with Crippen LogP contribution >= 0.6 is 0 Å². The van der Waals surface area contributed by atoms with Crippen molar-refractivity contribution in [1.29, 1.82) is 0 Å². The summed E-state index contributed by atoms with van der Waals surface area (Å²) in [6.45, 7) is 3.52. The zero-order valence-electron chi connectivity index (χ0n) is 17.1. The van der Waals surface area contributed by atoms with E-state index in [2.05, 4.69) is 39.9 Å². The van der Waals surface area contributed by atoms with Gasteiger partial charge in [-0.1, -0.05) is 5.16 Å². The minimum atomic E-state index is 0.00561. The molecule has 1 fully saturated rings. The number of aryl methyl sites for hydroxylation is 2. The number of rotatable bonds is 6. The molecule has 2 aromatic heterocycles. The van der Waals surface area contributed by atoms with Crippen LogP contribution in [0.5, 0.6) is 0 Å². The third-order valence-electron chi connectivity index (χ3n) is 5.98. The van der Waals surface area contributed by atoms with Gasteiger partial charge in [0.15, 0.2) is 0 Å². The van der Waals surface area contributed by atoms with Crippen LogP contribution < -0.4 is 0 Å². The number of likely N-dealkylation sites (tertiary alicyclic amines) is 1. The lowest BCUT2D eigenvalue weighted by Crippen LogP contribution is -2.40. The lowest BCUT2D eigenvalue weighted by atomic mass is 9.94. The zero-order chi connectivity index (χ0) is 19.5. The van der Waals surface area contributed by atoms with Crippen molar-refractivity contribution >= 4 is 5.91 Å². The fourth-order valence-corrected chi connectivity index (χ4v) is 4.50. The van der Waals surface area contributed by atoms with Crippen LogP contribution in [-0.4, -0.2) is 64.1 Å². The lowest BCUT2D eigenvalue weighted by molar-refractivity contribution is 0.0659. The van der Waals surface area contributed by atoms with Crippen LogP contribution in [0.25, 0.3) is 0 Å². The number of carbonyl (C=O) groups is 1. The van der Waals surface area contributed by atoms with Crippen LogP contribution in [0.2, 0.25) is 0 Å². The van der Waals surface area contributed by atoms with Crippen molar-refractivity contribution in [2.45, 2.75) is 57.4 Å². The molecule has 0 saturated carbocycles. The van der Waals surface area contributed by atoms with Gasteiger partial charge in [-0.3, -0.25) is 4.79 Å². The normalized spacial score (nSPS) is 19.8. The van der Waals surface area contributed by atoms with E-state index in [1.807, 2.05) is 11.1 Å². The zero-order valence-corrected chi connectivity index (χ0v) is 17.1. The largest absolute Gasteiger partial charge is 0.350 e. The summed E-state index contributed by atoms with van der Waals surface area (Å²) >= 11 is 0. The monoisotopic (exact) mass is 385 g/mol. The first kappa shape index (κ1) is 19.2. The summed E-state index contributed by atoms with van der Waals surface area (Å²) in [5.74, 6) is 1.87. The van der Waals surface area contributed by atoms with Gasteiger partial charge in [-0.15, -0.1) is 0 Å². The summed E-state index contributed by atoms with van der Waals surface area (Å²) in [6, 6.07) is 0. The number of piperidine rings is 1. The van der Waals surface area contributed by atoms with E-state index >= 15 is 0 Å². The van der Waals surface area contributed by atoms with Gasteiger partial charge in [0.05, 0.1) is 5.69 Å². The molecule has 1 aliphatic heterocycles. The van der Waals surface area contributed by atoms with Gasteiger partial charge in [0.2, 0.25) is 5.76 Å². The molecule has 0 radical (unpaired) electrons. The Hall–Kier alpha value is -2.15. The van der Waals surface area contributed by atoms with Crippen LogP contribution in [0.15, 0.2) is 16.9 Å². The lowest BCUT2D eigenvalue weighted by Gasteiger charge is -2.32. The van der Waals surface area contributed by atoms with Crippen molar-refractivity contribution in [2.75, 3.05) is 33.7 Å². The second kappa shape index (κ2) is 8.47. The molecule has 2 aromatic rings. The smallest absolute Gasteiger partial charge is 0.292 e. The summed E-state index contributed by atoms with van der Waals surface area (Å²) in [5, 5.41) is 4.16. The van der Waals surface area contributed by atoms with Crippen LogP contribution in [0.1, 0.15) is 65.7 Å². The average molecular weight is 386 g/mol. The van der Waals surface area contributed by atoms with Crippen LogP contribution in [0, 0.1) is 0 Å². The second-order valence-corrected chi connectivity index (χ2v) is 8.37. The Morgan fingerprint density at radius 1 is 1.29 bits per heavy atom. The van der Waals surface area contributed by atoms with Crippen molar-refractivity contribution in [1.82, 2.24) is 24.5 Å². The van der Waals surface area contributed by atoms with Crippen molar-refractivity contribution in [3.05, 3.63) is 35.2 Å². The molecule has 1 aliphatic carbocycles. The predicted molar refractivity (Wildman–Crippen MR) is 106 cm³/mol.